The van der Waals surface area contributed by atoms with Crippen molar-refractivity contribution in [3.05, 3.63) is 0 Å². The molecule has 0 amide bonds. The van der Waals surface area contributed by atoms with Gasteiger partial charge < -0.3 is 4.74 Å². The van der Waals surface area contributed by atoms with Crippen LogP contribution in [0.3, 0.4) is 0 Å². The summed E-state index contributed by atoms with van der Waals surface area (Å²) in [6, 6.07) is 0. The first-order valence-electron chi connectivity index (χ1n) is 4.15. The fourth-order valence-corrected chi connectivity index (χ4v) is 0.752. The van der Waals surface area contributed by atoms with Gasteiger partial charge in [0, 0.05) is 6.42 Å². The van der Waals surface area contributed by atoms with E-state index < -0.39 is 0 Å². The molecule has 4 heteroatoms. The van der Waals surface area contributed by atoms with Gasteiger partial charge in [0.2, 0.25) is 0 Å². The van der Waals surface area contributed by atoms with Crippen molar-refractivity contribution in [1.29, 1.82) is 0 Å². The van der Waals surface area contributed by atoms with Crippen molar-refractivity contribution in [1.82, 2.24) is 0 Å². The zero-order chi connectivity index (χ0) is 9.82. The summed E-state index contributed by atoms with van der Waals surface area (Å²) in [5, 5.41) is 0. The quantitative estimate of drug-likeness (QED) is 0.410. The van der Waals surface area contributed by atoms with Crippen molar-refractivity contribution in [3.8, 4) is 0 Å². The summed E-state index contributed by atoms with van der Waals surface area (Å²) in [4.78, 5) is 10.7. The van der Waals surface area contributed by atoms with Crippen LogP contribution in [0.25, 0.3) is 0 Å². The zero-order valence-electron chi connectivity index (χ0n) is 7.73. The van der Waals surface area contributed by atoms with Gasteiger partial charge in [-0.15, -0.1) is 0 Å². The molecule has 0 rings (SSSR count). The molecule has 0 aromatic heterocycles. The summed E-state index contributed by atoms with van der Waals surface area (Å²) in [6.45, 7) is 4.45. The third kappa shape index (κ3) is 13.1. The third-order valence-electron chi connectivity index (χ3n) is 1.29. The Morgan fingerprint density at radius 2 is 1.92 bits per heavy atom. The molecule has 0 aromatic carbocycles. The maximum atomic E-state index is 10.7. The Bertz CT molecular complexity index is 99.1. The molecule has 71 valence electrons. The Morgan fingerprint density at radius 1 is 1.33 bits per heavy atom. The molecule has 0 fully saturated rings. The minimum absolute atomic E-state index is 0.0593. The second-order valence-electron chi connectivity index (χ2n) is 2.26. The predicted molar refractivity (Wildman–Crippen MR) is 46.6 cm³/mol. The molecule has 0 aliphatic rings. The van der Waals surface area contributed by atoms with Crippen molar-refractivity contribution < 1.29 is 28.9 Å². The monoisotopic (exact) mass is 227 g/mol. The second-order valence-corrected chi connectivity index (χ2v) is 2.26. The van der Waals surface area contributed by atoms with Crippen LogP contribution < -0.4 is 0 Å². The minimum atomic E-state index is -0.0593. The van der Waals surface area contributed by atoms with Crippen LogP contribution in [0.15, 0.2) is 0 Å². The van der Waals surface area contributed by atoms with Crippen molar-refractivity contribution in [2.75, 3.05) is 6.61 Å². The van der Waals surface area contributed by atoms with E-state index >= 15 is 0 Å². The van der Waals surface area contributed by atoms with Gasteiger partial charge >= 0.3 is 34.6 Å². The number of carbonyl (C=O) groups is 1. The predicted octanol–water partition coefficient (Wildman–Crippen LogP) is 2.82. The van der Waals surface area contributed by atoms with Crippen molar-refractivity contribution >= 4 is 15.3 Å². The van der Waals surface area contributed by atoms with E-state index in [0.29, 0.717) is 13.0 Å². The fourth-order valence-electron chi connectivity index (χ4n) is 0.752. The molecule has 0 radical (unpaired) electrons. The maximum absolute atomic E-state index is 10.7. The number of esters is 1. The number of ether oxygens (including phenoxy) is 1. The second kappa shape index (κ2) is 14.0. The Balaban J connectivity index is 0. The topological polar surface area (TPSA) is 26.3 Å². The van der Waals surface area contributed by atoms with Gasteiger partial charge in [0.25, 0.3) is 0 Å². The van der Waals surface area contributed by atoms with Crippen LogP contribution in [0.2, 0.25) is 0 Å². The zero-order valence-corrected chi connectivity index (χ0v) is 10.0. The van der Waals surface area contributed by atoms with E-state index in [4.69, 9.17) is 4.74 Å². The molecule has 0 aliphatic carbocycles. The molecule has 0 bridgehead atoms. The molecule has 0 unspecified atom stereocenters. The standard InChI is InChI=1S/C8H16O2.ClH.Ti/c1-3-5-6-7-8(9)10-4-2;;/h3-7H2,1-2H3;1H;/q;;+1/p-1. The van der Waals surface area contributed by atoms with Crippen molar-refractivity contribution in [2.24, 2.45) is 0 Å². The van der Waals surface area contributed by atoms with Crippen LogP contribution in [-0.2, 0) is 28.9 Å². The van der Waals surface area contributed by atoms with Gasteiger partial charge in [-0.25, -0.2) is 0 Å². The summed E-state index contributed by atoms with van der Waals surface area (Å²) >= 11 is 1.47. The van der Waals surface area contributed by atoms with Crippen LogP contribution in [0, 0.1) is 0 Å². The van der Waals surface area contributed by atoms with Crippen LogP contribution in [0.4, 0.5) is 0 Å². The molecule has 0 N–H and O–H groups in total. The molecule has 0 heterocycles. The first kappa shape index (κ1) is 15.0. The molecule has 0 atom stereocenters. The Kier molecular flexibility index (Phi) is 17.5. The van der Waals surface area contributed by atoms with Gasteiger partial charge in [-0.2, -0.15) is 0 Å². The van der Waals surface area contributed by atoms with Crippen molar-refractivity contribution in [2.45, 2.75) is 39.5 Å². The van der Waals surface area contributed by atoms with E-state index in [-0.39, 0.29) is 5.97 Å². The molecule has 0 spiro atoms. The molecule has 0 saturated carbocycles. The first-order valence-corrected chi connectivity index (χ1v) is 6.30. The Labute approximate surface area is 90.3 Å². The summed E-state index contributed by atoms with van der Waals surface area (Å²) in [6.07, 6.45) is 3.83. The third-order valence-corrected chi connectivity index (χ3v) is 1.29. The number of hydrogen-bond acceptors (Lipinski definition) is 2. The van der Waals surface area contributed by atoms with Crippen LogP contribution in [0.1, 0.15) is 39.5 Å². The molecular weight excluding hydrogens is 211 g/mol. The number of carbonyl (C=O) groups excluding carboxylic acids is 1. The molecular formula is C8H16ClO2Ti. The number of unbranched alkanes of at least 4 members (excludes halogenated alkanes) is 2. The summed E-state index contributed by atoms with van der Waals surface area (Å²) in [5.74, 6) is -0.0593. The van der Waals surface area contributed by atoms with Crippen LogP contribution in [0.5, 0.6) is 0 Å². The van der Waals surface area contributed by atoms with Gasteiger partial charge in [-0.3, -0.25) is 4.79 Å². The van der Waals surface area contributed by atoms with Gasteiger partial charge in [0.15, 0.2) is 0 Å². The SMILES string of the molecule is CCCCCC(=O)OCC.[Cl][Ti]. The Hall–Kier alpha value is 0.474. The number of hydrogen-bond donors (Lipinski definition) is 0. The molecule has 2 nitrogen and oxygen atoms in total. The van der Waals surface area contributed by atoms with Crippen LogP contribution in [-0.4, -0.2) is 12.6 Å². The van der Waals surface area contributed by atoms with Gasteiger partial charge in [0.1, 0.15) is 0 Å². The first-order chi connectivity index (χ1) is 5.81. The van der Waals surface area contributed by atoms with E-state index in [0.717, 1.165) is 19.3 Å². The molecule has 12 heavy (non-hydrogen) atoms. The number of rotatable bonds is 5. The van der Waals surface area contributed by atoms with E-state index in [1.165, 1.54) is 19.4 Å². The summed E-state index contributed by atoms with van der Waals surface area (Å²) in [7, 11) is 4.64. The Morgan fingerprint density at radius 3 is 2.33 bits per heavy atom. The fraction of sp³-hybridized carbons (Fsp3) is 0.875. The number of halogens is 1. The normalized spacial score (nSPS) is 8.17. The molecule has 0 aromatic rings. The molecule has 0 aliphatic heterocycles. The summed E-state index contributed by atoms with van der Waals surface area (Å²) < 4.78 is 4.75. The van der Waals surface area contributed by atoms with Crippen molar-refractivity contribution in [3.63, 3.8) is 0 Å². The van der Waals surface area contributed by atoms with Gasteiger partial charge in [0.05, 0.1) is 6.61 Å². The van der Waals surface area contributed by atoms with E-state index in [2.05, 4.69) is 16.2 Å². The van der Waals surface area contributed by atoms with Gasteiger partial charge in [-0.1, -0.05) is 19.8 Å². The van der Waals surface area contributed by atoms with E-state index in [1.807, 2.05) is 6.92 Å². The van der Waals surface area contributed by atoms with E-state index in [1.54, 1.807) is 0 Å². The van der Waals surface area contributed by atoms with E-state index in [9.17, 15) is 4.79 Å². The average Bonchev–Trinajstić information content (AvgIpc) is 2.09. The average molecular weight is 228 g/mol. The van der Waals surface area contributed by atoms with Crippen LogP contribution >= 0.6 is 9.30 Å². The summed E-state index contributed by atoms with van der Waals surface area (Å²) in [5.41, 5.74) is 0. The van der Waals surface area contributed by atoms with Gasteiger partial charge in [-0.05, 0) is 13.3 Å². The molecule has 0 saturated heterocycles.